The molecule has 0 bridgehead atoms. The minimum absolute atomic E-state index is 0.0111. The molecule has 0 amide bonds. The average Bonchev–Trinajstić information content (AvgIpc) is 2.81. The molecule has 2 aromatic rings. The third-order valence-electron chi connectivity index (χ3n) is 2.85. The molecular formula is C13H10ClNO3. The molecule has 92 valence electrons. The molecule has 0 fully saturated rings. The van der Waals surface area contributed by atoms with Crippen LogP contribution in [0.2, 0.25) is 5.02 Å². The monoisotopic (exact) mass is 263 g/mol. The van der Waals surface area contributed by atoms with Crippen molar-refractivity contribution in [2.24, 2.45) is 0 Å². The third-order valence-corrected chi connectivity index (χ3v) is 3.10. The van der Waals surface area contributed by atoms with Crippen molar-refractivity contribution in [3.05, 3.63) is 51.0 Å². The second-order valence-corrected chi connectivity index (χ2v) is 4.53. The van der Waals surface area contributed by atoms with E-state index >= 15 is 0 Å². The van der Waals surface area contributed by atoms with Gasteiger partial charge in [-0.15, -0.1) is 4.98 Å². The van der Waals surface area contributed by atoms with Gasteiger partial charge in [0.25, 0.3) is 5.56 Å². The minimum atomic E-state index is -0.252. The third kappa shape index (κ3) is 2.11. The van der Waals surface area contributed by atoms with Gasteiger partial charge < -0.3 is 9.15 Å². The predicted molar refractivity (Wildman–Crippen MR) is 66.3 cm³/mol. The summed E-state index contributed by atoms with van der Waals surface area (Å²) in [5, 5.41) is 0.616. The van der Waals surface area contributed by atoms with E-state index in [0.29, 0.717) is 22.1 Å². The first kappa shape index (κ1) is 11.3. The predicted octanol–water partition coefficient (Wildman–Crippen LogP) is 2.97. The van der Waals surface area contributed by atoms with E-state index in [9.17, 15) is 4.79 Å². The van der Waals surface area contributed by atoms with Crippen molar-refractivity contribution in [3.8, 4) is 11.8 Å². The van der Waals surface area contributed by atoms with Gasteiger partial charge in [0.05, 0.1) is 5.56 Å². The van der Waals surface area contributed by atoms with Crippen LogP contribution in [0.3, 0.4) is 0 Å². The van der Waals surface area contributed by atoms with Crippen LogP contribution in [0, 0.1) is 0 Å². The molecule has 1 aromatic carbocycles. The maximum atomic E-state index is 11.7. The Labute approximate surface area is 108 Å². The van der Waals surface area contributed by atoms with Gasteiger partial charge in [0.2, 0.25) is 0 Å². The highest BCUT2D eigenvalue weighted by molar-refractivity contribution is 6.30. The maximum absolute atomic E-state index is 11.7. The fourth-order valence-electron chi connectivity index (χ4n) is 1.98. The Balaban J connectivity index is 1.92. The summed E-state index contributed by atoms with van der Waals surface area (Å²) in [7, 11) is 0. The SMILES string of the molecule is O=c1nc(Oc2ccc(Cl)cc2)oc2c1CCC2. The fraction of sp³-hybridized carbons (Fsp3) is 0.231. The number of fused-ring (bicyclic) bond motifs is 1. The summed E-state index contributed by atoms with van der Waals surface area (Å²) in [6.07, 6.45) is 2.43. The summed E-state index contributed by atoms with van der Waals surface area (Å²) in [5.74, 6) is 1.23. The van der Waals surface area contributed by atoms with E-state index in [1.165, 1.54) is 0 Å². The first-order chi connectivity index (χ1) is 8.72. The summed E-state index contributed by atoms with van der Waals surface area (Å²) in [5.41, 5.74) is 0.427. The van der Waals surface area contributed by atoms with Crippen LogP contribution in [0.4, 0.5) is 0 Å². The Bertz CT molecular complexity index is 634. The van der Waals surface area contributed by atoms with Crippen LogP contribution < -0.4 is 10.3 Å². The summed E-state index contributed by atoms with van der Waals surface area (Å²) >= 11 is 5.77. The van der Waals surface area contributed by atoms with Crippen molar-refractivity contribution in [3.63, 3.8) is 0 Å². The molecule has 0 atom stereocenters. The largest absolute Gasteiger partial charge is 0.415 e. The lowest BCUT2D eigenvalue weighted by molar-refractivity contribution is 0.299. The molecule has 0 saturated carbocycles. The second kappa shape index (κ2) is 4.46. The van der Waals surface area contributed by atoms with Crippen molar-refractivity contribution in [2.45, 2.75) is 19.3 Å². The zero-order valence-corrected chi connectivity index (χ0v) is 10.2. The Hall–Kier alpha value is -1.81. The van der Waals surface area contributed by atoms with Gasteiger partial charge in [0.15, 0.2) is 0 Å². The van der Waals surface area contributed by atoms with Crippen LogP contribution >= 0.6 is 11.6 Å². The number of hydrogen-bond acceptors (Lipinski definition) is 4. The van der Waals surface area contributed by atoms with Gasteiger partial charge in [-0.25, -0.2) is 0 Å². The molecule has 0 aliphatic heterocycles. The Morgan fingerprint density at radius 3 is 2.78 bits per heavy atom. The first-order valence-corrected chi connectivity index (χ1v) is 6.06. The maximum Gasteiger partial charge on any atom is 0.402 e. The number of rotatable bonds is 2. The molecule has 1 aliphatic rings. The lowest BCUT2D eigenvalue weighted by atomic mass is 10.3. The van der Waals surface area contributed by atoms with E-state index in [4.69, 9.17) is 20.8 Å². The average molecular weight is 264 g/mol. The van der Waals surface area contributed by atoms with Gasteiger partial charge in [-0.05, 0) is 37.1 Å². The number of nitrogens with zero attached hydrogens (tertiary/aromatic N) is 1. The Morgan fingerprint density at radius 1 is 1.22 bits per heavy atom. The molecule has 1 aromatic heterocycles. The number of benzene rings is 1. The molecule has 18 heavy (non-hydrogen) atoms. The standard InChI is InChI=1S/C13H10ClNO3/c14-8-4-6-9(7-5-8)17-13-15-12(16)10-2-1-3-11(10)18-13/h4-7H,1-3H2. The molecule has 0 saturated heterocycles. The summed E-state index contributed by atoms with van der Waals surface area (Å²) in [6.45, 7) is 0. The van der Waals surface area contributed by atoms with Crippen molar-refractivity contribution < 1.29 is 9.15 Å². The van der Waals surface area contributed by atoms with Crippen molar-refractivity contribution in [2.75, 3.05) is 0 Å². The van der Waals surface area contributed by atoms with E-state index in [1.54, 1.807) is 24.3 Å². The van der Waals surface area contributed by atoms with Gasteiger partial charge in [-0.1, -0.05) is 11.6 Å². The number of aryl methyl sites for hydroxylation is 1. The lowest BCUT2D eigenvalue weighted by Gasteiger charge is -2.04. The number of halogens is 1. The van der Waals surface area contributed by atoms with Crippen LogP contribution in [0.5, 0.6) is 11.8 Å². The first-order valence-electron chi connectivity index (χ1n) is 5.69. The lowest BCUT2D eigenvalue weighted by Crippen LogP contribution is -2.12. The van der Waals surface area contributed by atoms with Crippen LogP contribution in [0.15, 0.2) is 33.5 Å². The zero-order valence-electron chi connectivity index (χ0n) is 9.48. The second-order valence-electron chi connectivity index (χ2n) is 4.10. The minimum Gasteiger partial charge on any atom is -0.415 e. The fourth-order valence-corrected chi connectivity index (χ4v) is 2.11. The molecule has 4 nitrogen and oxygen atoms in total. The van der Waals surface area contributed by atoms with Crippen molar-refractivity contribution >= 4 is 11.6 Å². The summed E-state index contributed by atoms with van der Waals surface area (Å²) < 4.78 is 10.9. The Kier molecular flexibility index (Phi) is 2.80. The molecule has 0 N–H and O–H groups in total. The molecule has 0 unspecified atom stereocenters. The topological polar surface area (TPSA) is 52.3 Å². The smallest absolute Gasteiger partial charge is 0.402 e. The molecule has 0 radical (unpaired) electrons. The molecular weight excluding hydrogens is 254 g/mol. The van der Waals surface area contributed by atoms with Gasteiger partial charge in [0, 0.05) is 11.4 Å². The van der Waals surface area contributed by atoms with E-state index in [2.05, 4.69) is 4.98 Å². The van der Waals surface area contributed by atoms with Gasteiger partial charge >= 0.3 is 6.08 Å². The highest BCUT2D eigenvalue weighted by Gasteiger charge is 2.19. The molecule has 1 aliphatic carbocycles. The van der Waals surface area contributed by atoms with E-state index < -0.39 is 0 Å². The van der Waals surface area contributed by atoms with E-state index in [1.807, 2.05) is 0 Å². The van der Waals surface area contributed by atoms with Crippen LogP contribution in [0.25, 0.3) is 0 Å². The number of aromatic nitrogens is 1. The molecule has 5 heteroatoms. The van der Waals surface area contributed by atoms with Gasteiger partial charge in [-0.3, -0.25) is 4.79 Å². The molecule has 3 rings (SSSR count). The number of hydrogen-bond donors (Lipinski definition) is 0. The summed E-state index contributed by atoms with van der Waals surface area (Å²) in [6, 6.07) is 6.78. The number of ether oxygens (including phenoxy) is 1. The highest BCUT2D eigenvalue weighted by Crippen LogP contribution is 2.25. The Morgan fingerprint density at radius 2 is 2.00 bits per heavy atom. The van der Waals surface area contributed by atoms with E-state index in [-0.39, 0.29) is 11.6 Å². The van der Waals surface area contributed by atoms with Gasteiger partial charge in [0.1, 0.15) is 11.5 Å². The quantitative estimate of drug-likeness (QED) is 0.836. The zero-order chi connectivity index (χ0) is 12.5. The summed E-state index contributed by atoms with van der Waals surface area (Å²) in [4.78, 5) is 15.5. The van der Waals surface area contributed by atoms with Gasteiger partial charge in [-0.2, -0.15) is 0 Å². The van der Waals surface area contributed by atoms with Crippen LogP contribution in [-0.2, 0) is 12.8 Å². The highest BCUT2D eigenvalue weighted by atomic mass is 35.5. The van der Waals surface area contributed by atoms with E-state index in [0.717, 1.165) is 19.3 Å². The normalized spacial score (nSPS) is 13.4. The molecule has 1 heterocycles. The van der Waals surface area contributed by atoms with Crippen LogP contribution in [0.1, 0.15) is 17.7 Å². The van der Waals surface area contributed by atoms with Crippen molar-refractivity contribution in [1.29, 1.82) is 0 Å². The van der Waals surface area contributed by atoms with Crippen LogP contribution in [-0.4, -0.2) is 4.98 Å². The molecule has 0 spiro atoms. The van der Waals surface area contributed by atoms with Crippen molar-refractivity contribution in [1.82, 2.24) is 4.98 Å².